The Kier molecular flexibility index (Phi) is 7.23. The number of pyridine rings is 1. The van der Waals surface area contributed by atoms with Gasteiger partial charge in [0.1, 0.15) is 17.2 Å². The molecule has 0 aliphatic heterocycles. The van der Waals surface area contributed by atoms with Gasteiger partial charge in [-0.2, -0.15) is 0 Å². The van der Waals surface area contributed by atoms with Crippen LogP contribution in [-0.2, 0) is 6.54 Å². The van der Waals surface area contributed by atoms with Gasteiger partial charge in [0, 0.05) is 18.7 Å². The maximum atomic E-state index is 13.6. The monoisotopic (exact) mass is 358 g/mol. The molecule has 6 nitrogen and oxygen atoms in total. The lowest BCUT2D eigenvalue weighted by atomic mass is 10.2. The zero-order chi connectivity index (χ0) is 18.9. The number of halogens is 1. The van der Waals surface area contributed by atoms with E-state index >= 15 is 0 Å². The molecule has 1 aromatic heterocycles. The molecule has 0 unspecified atom stereocenters. The first-order valence-electron chi connectivity index (χ1n) is 8.39. The van der Waals surface area contributed by atoms with E-state index in [1.165, 1.54) is 12.1 Å². The van der Waals surface area contributed by atoms with E-state index in [2.05, 4.69) is 15.6 Å². The first-order valence-corrected chi connectivity index (χ1v) is 8.39. The molecule has 0 bridgehead atoms. The van der Waals surface area contributed by atoms with Crippen LogP contribution < -0.4 is 10.6 Å². The van der Waals surface area contributed by atoms with E-state index in [4.69, 9.17) is 0 Å². The maximum Gasteiger partial charge on any atom is 0.270 e. The highest BCUT2D eigenvalue weighted by Gasteiger charge is 2.12. The van der Waals surface area contributed by atoms with Crippen molar-refractivity contribution in [3.8, 4) is 0 Å². The Bertz CT molecular complexity index is 765. The summed E-state index contributed by atoms with van der Waals surface area (Å²) in [5, 5.41) is 5.38. The fraction of sp³-hybridized carbons (Fsp3) is 0.316. The van der Waals surface area contributed by atoms with Crippen LogP contribution in [0.25, 0.3) is 0 Å². The van der Waals surface area contributed by atoms with Crippen LogP contribution in [-0.4, -0.2) is 48.9 Å². The van der Waals surface area contributed by atoms with Gasteiger partial charge < -0.3 is 15.5 Å². The number of carbonyl (C=O) groups excluding carboxylic acids is 2. The molecule has 0 aliphatic carbocycles. The molecular formula is C19H23FN4O2. The predicted octanol–water partition coefficient (Wildman–Crippen LogP) is 1.83. The SMILES string of the molecule is CN(C)CCCNC(=O)c1cccc(C(=O)NCc2ccccc2F)n1. The van der Waals surface area contributed by atoms with Crippen molar-refractivity contribution in [1.82, 2.24) is 20.5 Å². The fourth-order valence-corrected chi connectivity index (χ4v) is 2.28. The number of hydrogen-bond acceptors (Lipinski definition) is 4. The van der Waals surface area contributed by atoms with Gasteiger partial charge in [-0.15, -0.1) is 0 Å². The highest BCUT2D eigenvalue weighted by molar-refractivity contribution is 5.96. The molecule has 2 rings (SSSR count). The van der Waals surface area contributed by atoms with E-state index in [9.17, 15) is 14.0 Å². The van der Waals surface area contributed by atoms with Crippen molar-refractivity contribution in [2.45, 2.75) is 13.0 Å². The fourth-order valence-electron chi connectivity index (χ4n) is 2.28. The van der Waals surface area contributed by atoms with Gasteiger partial charge >= 0.3 is 0 Å². The minimum atomic E-state index is -0.462. The Morgan fingerprint density at radius 2 is 1.65 bits per heavy atom. The van der Waals surface area contributed by atoms with E-state index in [1.807, 2.05) is 19.0 Å². The Morgan fingerprint density at radius 3 is 2.31 bits per heavy atom. The molecule has 2 aromatic rings. The van der Waals surface area contributed by atoms with Crippen LogP contribution in [0.3, 0.4) is 0 Å². The maximum absolute atomic E-state index is 13.6. The summed E-state index contributed by atoms with van der Waals surface area (Å²) in [5.74, 6) is -1.17. The summed E-state index contributed by atoms with van der Waals surface area (Å²) >= 11 is 0. The molecule has 2 amide bonds. The van der Waals surface area contributed by atoms with E-state index in [0.717, 1.165) is 13.0 Å². The van der Waals surface area contributed by atoms with Crippen molar-refractivity contribution in [3.05, 3.63) is 65.2 Å². The Morgan fingerprint density at radius 1 is 1.00 bits per heavy atom. The molecule has 0 fully saturated rings. The molecular weight excluding hydrogens is 335 g/mol. The zero-order valence-electron chi connectivity index (χ0n) is 15.0. The minimum absolute atomic E-state index is 0.0497. The number of nitrogens with zero attached hydrogens (tertiary/aromatic N) is 2. The zero-order valence-corrected chi connectivity index (χ0v) is 15.0. The second-order valence-corrected chi connectivity index (χ2v) is 6.09. The number of rotatable bonds is 8. The first-order chi connectivity index (χ1) is 12.5. The molecule has 0 radical (unpaired) electrons. The average Bonchev–Trinajstić information content (AvgIpc) is 2.64. The van der Waals surface area contributed by atoms with Crippen LogP contribution in [0.15, 0.2) is 42.5 Å². The molecule has 0 aliphatic rings. The Hall–Kier alpha value is -2.80. The number of aromatic nitrogens is 1. The van der Waals surface area contributed by atoms with Gasteiger partial charge in [-0.05, 0) is 45.3 Å². The van der Waals surface area contributed by atoms with Crippen molar-refractivity contribution in [3.63, 3.8) is 0 Å². The van der Waals surface area contributed by atoms with Crippen LogP contribution in [0.2, 0.25) is 0 Å². The van der Waals surface area contributed by atoms with Crippen molar-refractivity contribution >= 4 is 11.8 Å². The third-order valence-electron chi connectivity index (χ3n) is 3.68. The van der Waals surface area contributed by atoms with Crippen LogP contribution in [0.4, 0.5) is 4.39 Å². The highest BCUT2D eigenvalue weighted by Crippen LogP contribution is 2.06. The number of hydrogen-bond donors (Lipinski definition) is 2. The van der Waals surface area contributed by atoms with Crippen molar-refractivity contribution < 1.29 is 14.0 Å². The second-order valence-electron chi connectivity index (χ2n) is 6.09. The number of carbonyl (C=O) groups is 2. The number of amides is 2. The summed E-state index contributed by atoms with van der Waals surface area (Å²) in [7, 11) is 3.93. The van der Waals surface area contributed by atoms with Gasteiger partial charge in [-0.25, -0.2) is 9.37 Å². The normalized spacial score (nSPS) is 10.6. The summed E-state index contributed by atoms with van der Waals surface area (Å²) in [5.41, 5.74) is 0.673. The first kappa shape index (κ1) is 19.5. The predicted molar refractivity (Wildman–Crippen MR) is 97.3 cm³/mol. The van der Waals surface area contributed by atoms with Gasteiger partial charge in [-0.3, -0.25) is 9.59 Å². The smallest absolute Gasteiger partial charge is 0.270 e. The molecule has 138 valence electrons. The summed E-state index contributed by atoms with van der Waals surface area (Å²) < 4.78 is 13.6. The lowest BCUT2D eigenvalue weighted by molar-refractivity contribution is 0.0942. The third kappa shape index (κ3) is 5.93. The van der Waals surface area contributed by atoms with Crippen molar-refractivity contribution in [2.75, 3.05) is 27.2 Å². The summed E-state index contributed by atoms with van der Waals surface area (Å²) in [6, 6.07) is 10.9. The Labute approximate surface area is 152 Å². The molecule has 0 atom stereocenters. The summed E-state index contributed by atoms with van der Waals surface area (Å²) in [6.07, 6.45) is 0.821. The van der Waals surface area contributed by atoms with Gasteiger partial charge in [0.15, 0.2) is 0 Å². The van der Waals surface area contributed by atoms with Crippen molar-refractivity contribution in [2.24, 2.45) is 0 Å². The molecule has 0 saturated carbocycles. The highest BCUT2D eigenvalue weighted by atomic mass is 19.1. The van der Waals surface area contributed by atoms with Gasteiger partial charge in [-0.1, -0.05) is 24.3 Å². The average molecular weight is 358 g/mol. The molecule has 1 aromatic carbocycles. The molecule has 0 saturated heterocycles. The third-order valence-corrected chi connectivity index (χ3v) is 3.68. The quantitative estimate of drug-likeness (QED) is 0.706. The summed E-state index contributed by atoms with van der Waals surface area (Å²) in [6.45, 7) is 1.45. The van der Waals surface area contributed by atoms with E-state index < -0.39 is 5.91 Å². The van der Waals surface area contributed by atoms with Gasteiger partial charge in [0.25, 0.3) is 11.8 Å². The Balaban J connectivity index is 1.92. The lowest BCUT2D eigenvalue weighted by Gasteiger charge is -2.10. The van der Waals surface area contributed by atoms with Crippen LogP contribution in [0.1, 0.15) is 33.0 Å². The molecule has 2 N–H and O–H groups in total. The molecule has 1 heterocycles. The molecule has 0 spiro atoms. The topological polar surface area (TPSA) is 74.3 Å². The van der Waals surface area contributed by atoms with E-state index in [-0.39, 0.29) is 29.7 Å². The van der Waals surface area contributed by atoms with Gasteiger partial charge in [0.2, 0.25) is 0 Å². The largest absolute Gasteiger partial charge is 0.351 e. The number of benzene rings is 1. The minimum Gasteiger partial charge on any atom is -0.351 e. The summed E-state index contributed by atoms with van der Waals surface area (Å²) in [4.78, 5) is 30.5. The van der Waals surface area contributed by atoms with E-state index in [1.54, 1.807) is 30.3 Å². The van der Waals surface area contributed by atoms with Crippen LogP contribution in [0.5, 0.6) is 0 Å². The standard InChI is InChI=1S/C19H23FN4O2/c1-24(2)12-6-11-21-18(25)16-9-5-10-17(23-16)19(26)22-13-14-7-3-4-8-15(14)20/h3-5,7-10H,6,11-13H2,1-2H3,(H,21,25)(H,22,26). The second kappa shape index (κ2) is 9.62. The lowest BCUT2D eigenvalue weighted by Crippen LogP contribution is -2.29. The van der Waals surface area contributed by atoms with Crippen molar-refractivity contribution in [1.29, 1.82) is 0 Å². The number of nitrogens with one attached hydrogen (secondary N) is 2. The van der Waals surface area contributed by atoms with E-state index in [0.29, 0.717) is 12.1 Å². The molecule has 26 heavy (non-hydrogen) atoms. The van der Waals surface area contributed by atoms with Gasteiger partial charge in [0.05, 0.1) is 0 Å². The van der Waals surface area contributed by atoms with Crippen LogP contribution in [0, 0.1) is 5.82 Å². The van der Waals surface area contributed by atoms with Crippen LogP contribution >= 0.6 is 0 Å². The molecule has 7 heteroatoms.